The summed E-state index contributed by atoms with van der Waals surface area (Å²) in [5, 5.41) is 0. The first-order chi connectivity index (χ1) is 2.27. The Hall–Kier alpha value is 0.495. The second-order valence-electron chi connectivity index (χ2n) is 1.21. The summed E-state index contributed by atoms with van der Waals surface area (Å²) < 4.78 is 0. The number of rotatable bonds is 1. The maximum absolute atomic E-state index is 5.15. The first kappa shape index (κ1) is 5.49. The molecule has 2 atom stereocenters. The first-order valence-electron chi connectivity index (χ1n) is 1.73. The van der Waals surface area contributed by atoms with E-state index in [1.165, 1.54) is 0 Å². The molecular weight excluding hydrogens is 77.8 g/mol. The lowest BCUT2D eigenvalue weighted by Gasteiger charge is -1.90. The van der Waals surface area contributed by atoms with Crippen LogP contribution in [0.5, 0.6) is 0 Å². The third-order valence-electron chi connectivity index (χ3n) is 0.372. The van der Waals surface area contributed by atoms with Gasteiger partial charge in [0.05, 0.1) is 7.85 Å². The van der Waals surface area contributed by atoms with Crippen molar-refractivity contribution in [3.05, 3.63) is 0 Å². The van der Waals surface area contributed by atoms with Gasteiger partial charge in [-0.2, -0.15) is 0 Å². The fraction of sp³-hybridized carbons (Fsp3) is 1.00. The molecule has 0 aromatic heterocycles. The van der Waals surface area contributed by atoms with Gasteiger partial charge in [-0.25, -0.2) is 0 Å². The van der Waals surface area contributed by atoms with Crippen LogP contribution in [-0.4, -0.2) is 13.5 Å². The molecule has 0 amide bonds. The van der Waals surface area contributed by atoms with Gasteiger partial charge >= 0.3 is 0 Å². The van der Waals surface area contributed by atoms with Gasteiger partial charge in [0.15, 0.2) is 0 Å². The van der Waals surface area contributed by atoms with Crippen molar-refractivity contribution in [1.29, 1.82) is 0 Å². The average molecular weight is 85.9 g/mol. The van der Waals surface area contributed by atoms with Gasteiger partial charge in [0.25, 0.3) is 0 Å². The van der Waals surface area contributed by atoms with Crippen LogP contribution in [0.4, 0.5) is 0 Å². The van der Waals surface area contributed by atoms with Gasteiger partial charge < -0.3 is 0 Å². The van der Waals surface area contributed by atoms with Crippen molar-refractivity contribution in [2.24, 2.45) is 0 Å². The van der Waals surface area contributed by atoms with Crippen molar-refractivity contribution in [3.8, 4) is 0 Å². The van der Waals surface area contributed by atoms with E-state index in [2.05, 4.69) is 16.2 Å². The van der Waals surface area contributed by atoms with E-state index in [9.17, 15) is 0 Å². The maximum atomic E-state index is 5.15. The normalized spacial score (nSPS) is 14.8. The molecule has 2 unspecified atom stereocenters. The van der Waals surface area contributed by atoms with Crippen LogP contribution in [0.1, 0.15) is 6.92 Å². The Balaban J connectivity index is 2.54. The average Bonchev–Trinajstić information content (AvgIpc) is 1.38. The van der Waals surface area contributed by atoms with Crippen molar-refractivity contribution >= 4 is 17.1 Å². The van der Waals surface area contributed by atoms with Crippen molar-refractivity contribution < 1.29 is 0 Å². The summed E-state index contributed by atoms with van der Waals surface area (Å²) in [5.74, 6) is 0. The summed E-state index contributed by atoms with van der Waals surface area (Å²) in [4.78, 5) is 0. The molecule has 0 nitrogen and oxygen atoms in total. The largest absolute Gasteiger partial charge is 0.135 e. The Kier molecular flexibility index (Phi) is 2.99. The summed E-state index contributed by atoms with van der Waals surface area (Å²) in [6, 6.07) is 0. The maximum Gasteiger partial charge on any atom is 0.0661 e. The fourth-order valence-electron chi connectivity index (χ4n) is 0. The van der Waals surface area contributed by atoms with Gasteiger partial charge in [0.1, 0.15) is 0 Å². The van der Waals surface area contributed by atoms with E-state index in [4.69, 9.17) is 7.85 Å². The van der Waals surface area contributed by atoms with Gasteiger partial charge in [0.2, 0.25) is 0 Å². The summed E-state index contributed by atoms with van der Waals surface area (Å²) in [5.41, 5.74) is 0.579. The SMILES string of the molecule is [B]CC(C)P. The van der Waals surface area contributed by atoms with Crippen molar-refractivity contribution in [3.63, 3.8) is 0 Å². The van der Waals surface area contributed by atoms with E-state index in [1.807, 2.05) is 0 Å². The molecule has 0 saturated carbocycles. The van der Waals surface area contributed by atoms with E-state index in [1.54, 1.807) is 0 Å². The minimum atomic E-state index is 0.579. The molecule has 5 heavy (non-hydrogen) atoms. The predicted molar refractivity (Wildman–Crippen MR) is 29.7 cm³/mol. The highest BCUT2D eigenvalue weighted by Crippen LogP contribution is 1.98. The fourth-order valence-corrected chi connectivity index (χ4v) is 0. The van der Waals surface area contributed by atoms with Gasteiger partial charge in [-0.1, -0.05) is 13.2 Å². The van der Waals surface area contributed by atoms with Gasteiger partial charge in [-0.15, -0.1) is 9.24 Å². The van der Waals surface area contributed by atoms with E-state index in [-0.39, 0.29) is 0 Å². The zero-order chi connectivity index (χ0) is 4.28. The van der Waals surface area contributed by atoms with Crippen LogP contribution in [-0.2, 0) is 0 Å². The molecule has 28 valence electrons. The molecule has 0 aliphatic carbocycles. The molecule has 0 N–H and O–H groups in total. The Morgan fingerprint density at radius 2 is 2.20 bits per heavy atom. The second kappa shape index (κ2) is 2.72. The van der Waals surface area contributed by atoms with Crippen LogP contribution >= 0.6 is 9.24 Å². The van der Waals surface area contributed by atoms with Crippen molar-refractivity contribution in [2.45, 2.75) is 18.9 Å². The lowest BCUT2D eigenvalue weighted by atomic mass is 10.0. The molecule has 0 bridgehead atoms. The highest BCUT2D eigenvalue weighted by molar-refractivity contribution is 7.17. The number of hydrogen-bond acceptors (Lipinski definition) is 0. The Bertz CT molecular complexity index is 20.9. The Morgan fingerprint density at radius 3 is 2.20 bits per heavy atom. The van der Waals surface area contributed by atoms with Gasteiger partial charge in [-0.3, -0.25) is 0 Å². The smallest absolute Gasteiger partial charge is 0.0661 e. The molecule has 2 heteroatoms. The summed E-state index contributed by atoms with van der Waals surface area (Å²) in [7, 11) is 7.76. The van der Waals surface area contributed by atoms with Crippen LogP contribution in [0.2, 0.25) is 6.32 Å². The lowest BCUT2D eigenvalue weighted by Crippen LogP contribution is -1.83. The molecule has 0 rings (SSSR count). The quantitative estimate of drug-likeness (QED) is 0.327. The standard InChI is InChI=1S/C3H8BP/c1-3(5)2-4/h3H,2,5H2,1H3. The van der Waals surface area contributed by atoms with Crippen LogP contribution in [0.15, 0.2) is 0 Å². The summed E-state index contributed by atoms with van der Waals surface area (Å²) >= 11 is 0. The first-order valence-corrected chi connectivity index (χ1v) is 2.39. The molecule has 0 aromatic carbocycles. The molecule has 2 radical (unpaired) electrons. The highest BCUT2D eigenvalue weighted by atomic mass is 31.0. The summed E-state index contributed by atoms with van der Waals surface area (Å²) in [6.45, 7) is 2.06. The van der Waals surface area contributed by atoms with E-state index in [0.29, 0.717) is 5.66 Å². The van der Waals surface area contributed by atoms with E-state index < -0.39 is 0 Å². The molecule has 0 aliphatic heterocycles. The number of hydrogen-bond donors (Lipinski definition) is 0. The van der Waals surface area contributed by atoms with Crippen molar-refractivity contribution in [1.82, 2.24) is 0 Å². The molecule has 0 aliphatic rings. The zero-order valence-corrected chi connectivity index (χ0v) is 4.59. The third kappa shape index (κ3) is 4.49. The van der Waals surface area contributed by atoms with Crippen LogP contribution in [0.3, 0.4) is 0 Å². The molecule has 0 saturated heterocycles. The summed E-state index contributed by atoms with van der Waals surface area (Å²) in [6.07, 6.45) is 0.769. The monoisotopic (exact) mass is 86.0 g/mol. The van der Waals surface area contributed by atoms with Crippen LogP contribution < -0.4 is 0 Å². The lowest BCUT2D eigenvalue weighted by molar-refractivity contribution is 1.11. The Morgan fingerprint density at radius 1 is 2.00 bits per heavy atom. The molecule has 0 spiro atoms. The second-order valence-corrected chi connectivity index (χ2v) is 2.35. The molecular formula is C3H8BP. The molecule has 0 heterocycles. The van der Waals surface area contributed by atoms with Gasteiger partial charge in [0, 0.05) is 0 Å². The Labute approximate surface area is 37.0 Å². The van der Waals surface area contributed by atoms with Crippen molar-refractivity contribution in [2.75, 3.05) is 0 Å². The van der Waals surface area contributed by atoms with Crippen LogP contribution in [0, 0.1) is 0 Å². The zero-order valence-electron chi connectivity index (χ0n) is 3.44. The molecule has 0 fully saturated rings. The highest BCUT2D eigenvalue weighted by Gasteiger charge is 1.79. The topological polar surface area (TPSA) is 0 Å². The molecule has 0 aromatic rings. The minimum Gasteiger partial charge on any atom is -0.135 e. The van der Waals surface area contributed by atoms with E-state index >= 15 is 0 Å². The van der Waals surface area contributed by atoms with Crippen LogP contribution in [0.25, 0.3) is 0 Å². The van der Waals surface area contributed by atoms with Gasteiger partial charge in [-0.05, 0) is 5.66 Å². The third-order valence-corrected chi connectivity index (χ3v) is 0.644. The van der Waals surface area contributed by atoms with E-state index in [0.717, 1.165) is 6.32 Å². The minimum absolute atomic E-state index is 0.579. The predicted octanol–water partition coefficient (Wildman–Crippen LogP) is 0.837.